The number of carbonyl (C=O) groups excluding carboxylic acids is 1. The summed E-state index contributed by atoms with van der Waals surface area (Å²) in [4.78, 5) is 11.4. The molecule has 0 fully saturated rings. The molecule has 5 nitrogen and oxygen atoms in total. The normalized spacial score (nSPS) is 10.4. The lowest BCUT2D eigenvalue weighted by Crippen LogP contribution is -2.13. The minimum absolute atomic E-state index is 0.0880. The number of methoxy groups -OCH3 is 1. The highest BCUT2D eigenvalue weighted by molar-refractivity contribution is 5.96. The molecule has 0 atom stereocenters. The molecule has 0 unspecified atom stereocenters. The summed E-state index contributed by atoms with van der Waals surface area (Å²) in [7, 11) is 1.59. The highest BCUT2D eigenvalue weighted by Gasteiger charge is 2.17. The molecule has 0 radical (unpaired) electrons. The second-order valence-electron chi connectivity index (χ2n) is 4.81. The van der Waals surface area contributed by atoms with Crippen LogP contribution in [0.25, 0.3) is 0 Å². The molecule has 2 aromatic carbocycles. The van der Waals surface area contributed by atoms with Crippen LogP contribution in [0.3, 0.4) is 0 Å². The van der Waals surface area contributed by atoms with E-state index in [-0.39, 0.29) is 11.3 Å². The van der Waals surface area contributed by atoms with Crippen LogP contribution in [0.2, 0.25) is 0 Å². The first-order valence-corrected chi connectivity index (χ1v) is 6.93. The average Bonchev–Trinajstić information content (AvgIpc) is 2.51. The number of phenols is 1. The summed E-state index contributed by atoms with van der Waals surface area (Å²) in [5, 5.41) is 10.3. The molecule has 0 aliphatic carbocycles. The second kappa shape index (κ2) is 7.47. The summed E-state index contributed by atoms with van der Waals surface area (Å²) in [5.41, 5.74) is 6.91. The van der Waals surface area contributed by atoms with E-state index in [9.17, 15) is 9.90 Å². The van der Waals surface area contributed by atoms with Gasteiger partial charge in [0.25, 0.3) is 5.91 Å². The third-order valence-electron chi connectivity index (χ3n) is 3.27. The number of rotatable bonds is 7. The Hall–Kier alpha value is -2.53. The topological polar surface area (TPSA) is 81.8 Å². The van der Waals surface area contributed by atoms with Gasteiger partial charge in [0.2, 0.25) is 0 Å². The van der Waals surface area contributed by atoms with E-state index in [1.165, 1.54) is 6.07 Å². The molecular formula is C17H19NO4. The van der Waals surface area contributed by atoms with E-state index in [1.54, 1.807) is 13.2 Å². The highest BCUT2D eigenvalue weighted by Crippen LogP contribution is 2.33. The van der Waals surface area contributed by atoms with Gasteiger partial charge in [0.1, 0.15) is 18.1 Å². The third kappa shape index (κ3) is 3.77. The first-order chi connectivity index (χ1) is 10.6. The summed E-state index contributed by atoms with van der Waals surface area (Å²) in [5.74, 6) is -0.287. The van der Waals surface area contributed by atoms with Crippen LogP contribution in [0.5, 0.6) is 11.5 Å². The van der Waals surface area contributed by atoms with Crippen molar-refractivity contribution in [1.29, 1.82) is 0 Å². The van der Waals surface area contributed by atoms with Gasteiger partial charge in [-0.1, -0.05) is 30.3 Å². The zero-order chi connectivity index (χ0) is 15.9. The number of benzene rings is 2. The van der Waals surface area contributed by atoms with E-state index in [0.29, 0.717) is 30.9 Å². The molecule has 116 valence electrons. The Morgan fingerprint density at radius 1 is 1.14 bits per heavy atom. The van der Waals surface area contributed by atoms with Gasteiger partial charge < -0.3 is 20.3 Å². The molecule has 0 heterocycles. The smallest absolute Gasteiger partial charge is 0.252 e. The maximum Gasteiger partial charge on any atom is 0.252 e. The summed E-state index contributed by atoms with van der Waals surface area (Å²) in [6, 6.07) is 12.7. The van der Waals surface area contributed by atoms with E-state index >= 15 is 0 Å². The Labute approximate surface area is 129 Å². The Balaban J connectivity index is 2.36. The van der Waals surface area contributed by atoms with E-state index in [4.69, 9.17) is 15.2 Å². The van der Waals surface area contributed by atoms with Crippen molar-refractivity contribution in [2.24, 2.45) is 5.73 Å². The van der Waals surface area contributed by atoms with E-state index in [1.807, 2.05) is 30.3 Å². The van der Waals surface area contributed by atoms with Crippen molar-refractivity contribution in [2.75, 3.05) is 20.3 Å². The standard InChI is InChI=1S/C17H19NO4/c1-21-9-10-22-15-8-7-13(17(18)20)16(19)14(15)11-12-5-3-2-4-6-12/h2-8,19H,9-11H2,1H3,(H2,18,20). The number of amides is 1. The number of nitrogens with two attached hydrogens (primary N) is 1. The SMILES string of the molecule is COCCOc1ccc(C(N)=O)c(O)c1Cc1ccccc1. The van der Waals surface area contributed by atoms with E-state index in [2.05, 4.69) is 0 Å². The van der Waals surface area contributed by atoms with Crippen LogP contribution in [0, 0.1) is 0 Å². The minimum atomic E-state index is -0.671. The zero-order valence-corrected chi connectivity index (χ0v) is 12.4. The van der Waals surface area contributed by atoms with Gasteiger partial charge >= 0.3 is 0 Å². The maximum absolute atomic E-state index is 11.4. The molecule has 0 aliphatic heterocycles. The Kier molecular flexibility index (Phi) is 5.38. The zero-order valence-electron chi connectivity index (χ0n) is 12.4. The highest BCUT2D eigenvalue weighted by atomic mass is 16.5. The third-order valence-corrected chi connectivity index (χ3v) is 3.27. The van der Waals surface area contributed by atoms with Crippen molar-refractivity contribution in [3.63, 3.8) is 0 Å². The van der Waals surface area contributed by atoms with E-state index < -0.39 is 5.91 Å². The average molecular weight is 301 g/mol. The van der Waals surface area contributed by atoms with Crippen molar-refractivity contribution >= 4 is 5.91 Å². The molecule has 5 heteroatoms. The first kappa shape index (κ1) is 15.9. The van der Waals surface area contributed by atoms with Crippen molar-refractivity contribution in [3.05, 3.63) is 59.2 Å². The molecule has 22 heavy (non-hydrogen) atoms. The van der Waals surface area contributed by atoms with Gasteiger partial charge in [0.05, 0.1) is 12.2 Å². The number of primary amides is 1. The Morgan fingerprint density at radius 3 is 2.50 bits per heavy atom. The van der Waals surface area contributed by atoms with Gasteiger partial charge in [-0.25, -0.2) is 0 Å². The van der Waals surface area contributed by atoms with Crippen LogP contribution in [-0.2, 0) is 11.2 Å². The monoisotopic (exact) mass is 301 g/mol. The van der Waals surface area contributed by atoms with Gasteiger partial charge in [-0.3, -0.25) is 4.79 Å². The van der Waals surface area contributed by atoms with Crippen molar-refractivity contribution in [3.8, 4) is 11.5 Å². The van der Waals surface area contributed by atoms with Crippen molar-refractivity contribution in [2.45, 2.75) is 6.42 Å². The van der Waals surface area contributed by atoms with Crippen molar-refractivity contribution in [1.82, 2.24) is 0 Å². The molecule has 0 spiro atoms. The number of hydrogen-bond acceptors (Lipinski definition) is 4. The Bertz CT molecular complexity index is 641. The van der Waals surface area contributed by atoms with Crippen molar-refractivity contribution < 1.29 is 19.4 Å². The molecule has 0 bridgehead atoms. The van der Waals surface area contributed by atoms with E-state index in [0.717, 1.165) is 5.56 Å². The lowest BCUT2D eigenvalue weighted by atomic mass is 10.00. The van der Waals surface area contributed by atoms with Crippen LogP contribution in [0.4, 0.5) is 0 Å². The minimum Gasteiger partial charge on any atom is -0.507 e. The summed E-state index contributed by atoms with van der Waals surface area (Å²) in [6.45, 7) is 0.788. The fraction of sp³-hybridized carbons (Fsp3) is 0.235. The van der Waals surface area contributed by atoms with Crippen LogP contribution in [0.1, 0.15) is 21.5 Å². The fourth-order valence-electron chi connectivity index (χ4n) is 2.16. The molecule has 1 amide bonds. The number of aromatic hydroxyl groups is 1. The molecule has 0 aromatic heterocycles. The Morgan fingerprint density at radius 2 is 1.86 bits per heavy atom. The van der Waals surface area contributed by atoms with Gasteiger partial charge in [-0.05, 0) is 17.7 Å². The molecule has 2 rings (SSSR count). The lowest BCUT2D eigenvalue weighted by Gasteiger charge is -2.15. The van der Waals surface area contributed by atoms with Gasteiger partial charge in [-0.15, -0.1) is 0 Å². The van der Waals surface area contributed by atoms with Gasteiger partial charge in [0, 0.05) is 19.1 Å². The number of ether oxygens (including phenoxy) is 2. The van der Waals surface area contributed by atoms with Crippen LogP contribution >= 0.6 is 0 Å². The molecular weight excluding hydrogens is 282 g/mol. The summed E-state index contributed by atoms with van der Waals surface area (Å²) < 4.78 is 10.6. The molecule has 0 aliphatic rings. The summed E-state index contributed by atoms with van der Waals surface area (Å²) in [6.07, 6.45) is 0.441. The van der Waals surface area contributed by atoms with Gasteiger partial charge in [0.15, 0.2) is 0 Å². The molecule has 0 saturated heterocycles. The predicted molar refractivity (Wildman–Crippen MR) is 83.2 cm³/mol. The largest absolute Gasteiger partial charge is 0.507 e. The van der Waals surface area contributed by atoms with Crippen LogP contribution in [0.15, 0.2) is 42.5 Å². The lowest BCUT2D eigenvalue weighted by molar-refractivity contribution is 0.0997. The quantitative estimate of drug-likeness (QED) is 0.767. The van der Waals surface area contributed by atoms with Crippen LogP contribution in [-0.4, -0.2) is 31.3 Å². The molecule has 2 aromatic rings. The second-order valence-corrected chi connectivity index (χ2v) is 4.81. The van der Waals surface area contributed by atoms with Crippen LogP contribution < -0.4 is 10.5 Å². The fourth-order valence-corrected chi connectivity index (χ4v) is 2.16. The number of hydrogen-bond donors (Lipinski definition) is 2. The number of carbonyl (C=O) groups is 1. The summed E-state index contributed by atoms with van der Waals surface area (Å²) >= 11 is 0. The maximum atomic E-state index is 11.4. The molecule has 3 N–H and O–H groups in total. The molecule has 0 saturated carbocycles. The van der Waals surface area contributed by atoms with Gasteiger partial charge in [-0.2, -0.15) is 0 Å². The predicted octanol–water partition coefficient (Wildman–Crippen LogP) is 2.11. The first-order valence-electron chi connectivity index (χ1n) is 6.93.